The van der Waals surface area contributed by atoms with E-state index in [4.69, 9.17) is 19.4 Å². The van der Waals surface area contributed by atoms with Gasteiger partial charge in [0.05, 0.1) is 39.5 Å². The molecule has 1 atom stereocenters. The van der Waals surface area contributed by atoms with Crippen LogP contribution in [-0.4, -0.2) is 33.4 Å². The Hall–Kier alpha value is -3.64. The second-order valence-electron chi connectivity index (χ2n) is 11.7. The maximum atomic E-state index is 13.8. The van der Waals surface area contributed by atoms with E-state index in [9.17, 15) is 9.65 Å². The number of aromatic nitrogens is 4. The van der Waals surface area contributed by atoms with Crippen molar-refractivity contribution in [3.63, 3.8) is 0 Å². The molecule has 2 aromatic heterocycles. The molecule has 0 amide bonds. The molecule has 7 nitrogen and oxygen atoms in total. The number of nitrogens with zero attached hydrogens (tertiary/aromatic N) is 5. The standard InChI is InChI=1S/C29H28BClFN7/c1-27(2,3)28(10-11-28)36-25-17(14-33)15-34-26-22(25)12-20(13-23(26)31)35-29(30,18-4-6-19(32)7-5-18)24-16-39(38-37-24)21-8-9-21/h4-7,12-13,15-16,21,35H,8-11H2,1-3H3,(H,34,36). The molecule has 0 spiro atoms. The summed E-state index contributed by atoms with van der Waals surface area (Å²) < 4.78 is 15.7. The molecule has 2 aromatic carbocycles. The molecule has 10 heteroatoms. The van der Waals surface area contributed by atoms with Gasteiger partial charge in [0.1, 0.15) is 25.4 Å². The van der Waals surface area contributed by atoms with Crippen LogP contribution in [-0.2, 0) is 5.44 Å². The summed E-state index contributed by atoms with van der Waals surface area (Å²) in [5.41, 5.74) is 1.93. The van der Waals surface area contributed by atoms with Gasteiger partial charge in [0, 0.05) is 22.8 Å². The molecule has 2 aliphatic rings. The first-order valence-electron chi connectivity index (χ1n) is 13.1. The highest BCUT2D eigenvalue weighted by Gasteiger charge is 2.52. The molecular weight excluding hydrogens is 512 g/mol. The molecule has 0 aliphatic heterocycles. The molecule has 2 aliphatic carbocycles. The van der Waals surface area contributed by atoms with Gasteiger partial charge in [0.2, 0.25) is 0 Å². The van der Waals surface area contributed by atoms with Crippen LogP contribution in [0.15, 0.2) is 48.8 Å². The molecule has 4 aromatic rings. The third kappa shape index (κ3) is 4.51. The van der Waals surface area contributed by atoms with Gasteiger partial charge in [0.15, 0.2) is 0 Å². The Kier molecular flexibility index (Phi) is 5.88. The maximum Gasteiger partial charge on any atom is 0.123 e. The van der Waals surface area contributed by atoms with E-state index in [1.807, 2.05) is 16.9 Å². The Morgan fingerprint density at radius 3 is 2.51 bits per heavy atom. The maximum absolute atomic E-state index is 13.8. The number of hydrogen-bond acceptors (Lipinski definition) is 6. The Morgan fingerprint density at radius 2 is 1.90 bits per heavy atom. The summed E-state index contributed by atoms with van der Waals surface area (Å²) in [6.45, 7) is 6.59. The summed E-state index contributed by atoms with van der Waals surface area (Å²) in [7, 11) is 7.04. The van der Waals surface area contributed by atoms with Crippen molar-refractivity contribution in [1.29, 1.82) is 5.26 Å². The van der Waals surface area contributed by atoms with Crippen molar-refractivity contribution >= 4 is 41.7 Å². The van der Waals surface area contributed by atoms with Gasteiger partial charge in [0.25, 0.3) is 0 Å². The number of anilines is 2. The number of benzene rings is 2. The lowest BCUT2D eigenvalue weighted by Crippen LogP contribution is -2.38. The minimum absolute atomic E-state index is 0.0165. The van der Waals surface area contributed by atoms with Crippen molar-refractivity contribution in [2.75, 3.05) is 10.6 Å². The van der Waals surface area contributed by atoms with Gasteiger partial charge in [-0.1, -0.05) is 49.7 Å². The molecule has 2 N–H and O–H groups in total. The summed E-state index contributed by atoms with van der Waals surface area (Å²) in [5.74, 6) is -0.366. The number of pyridine rings is 1. The Morgan fingerprint density at radius 1 is 1.18 bits per heavy atom. The molecule has 6 rings (SSSR count). The summed E-state index contributed by atoms with van der Waals surface area (Å²) in [4.78, 5) is 4.50. The lowest BCUT2D eigenvalue weighted by atomic mass is 9.69. The summed E-state index contributed by atoms with van der Waals surface area (Å²) in [6, 6.07) is 12.2. The van der Waals surface area contributed by atoms with E-state index < -0.39 is 5.44 Å². The average molecular weight is 540 g/mol. The second-order valence-corrected chi connectivity index (χ2v) is 12.1. The SMILES string of the molecule is [B]C(Nc1cc(Cl)c2ncc(C#N)c(NC3(C(C)(C)C)CC3)c2c1)(c1ccc(F)cc1)c1cn(C2CC2)nn1. The van der Waals surface area contributed by atoms with Crippen molar-refractivity contribution in [3.05, 3.63) is 76.5 Å². The number of rotatable bonds is 7. The minimum atomic E-state index is -1.34. The zero-order valence-corrected chi connectivity index (χ0v) is 22.8. The highest BCUT2D eigenvalue weighted by Crippen LogP contribution is 2.53. The third-order valence-corrected chi connectivity index (χ3v) is 8.36. The van der Waals surface area contributed by atoms with Crippen LogP contribution in [0.2, 0.25) is 5.02 Å². The van der Waals surface area contributed by atoms with Crippen LogP contribution in [0.3, 0.4) is 0 Å². The first-order chi connectivity index (χ1) is 18.5. The number of halogens is 2. The fraction of sp³-hybridized carbons (Fsp3) is 0.379. The van der Waals surface area contributed by atoms with E-state index >= 15 is 0 Å². The van der Waals surface area contributed by atoms with Crippen molar-refractivity contribution in [1.82, 2.24) is 20.0 Å². The Balaban J connectivity index is 1.47. The van der Waals surface area contributed by atoms with E-state index in [0.717, 1.165) is 25.7 Å². The van der Waals surface area contributed by atoms with Crippen LogP contribution >= 0.6 is 11.6 Å². The van der Waals surface area contributed by atoms with E-state index in [1.54, 1.807) is 24.4 Å². The van der Waals surface area contributed by atoms with Crippen LogP contribution in [0.1, 0.15) is 69.3 Å². The highest BCUT2D eigenvalue weighted by atomic mass is 35.5. The van der Waals surface area contributed by atoms with Gasteiger partial charge in [-0.3, -0.25) is 4.98 Å². The first kappa shape index (κ1) is 25.6. The molecule has 2 saturated carbocycles. The van der Waals surface area contributed by atoms with Gasteiger partial charge in [-0.15, -0.1) is 5.10 Å². The summed E-state index contributed by atoms with van der Waals surface area (Å²) >= 11 is 6.77. The van der Waals surface area contributed by atoms with Gasteiger partial charge in [-0.05, 0) is 60.9 Å². The number of hydrogen-bond donors (Lipinski definition) is 2. The summed E-state index contributed by atoms with van der Waals surface area (Å²) in [6.07, 6.45) is 7.49. The normalized spacial score (nSPS) is 17.8. The number of nitrogens with one attached hydrogen (secondary N) is 2. The van der Waals surface area contributed by atoms with Crippen LogP contribution in [0.4, 0.5) is 15.8 Å². The van der Waals surface area contributed by atoms with Crippen LogP contribution in [0.5, 0.6) is 0 Å². The van der Waals surface area contributed by atoms with Crippen molar-refractivity contribution in [2.24, 2.45) is 5.41 Å². The van der Waals surface area contributed by atoms with Crippen LogP contribution < -0.4 is 10.6 Å². The highest BCUT2D eigenvalue weighted by molar-refractivity contribution is 6.36. The number of nitriles is 1. The third-order valence-electron chi connectivity index (χ3n) is 8.07. The van der Waals surface area contributed by atoms with Crippen molar-refractivity contribution in [3.8, 4) is 6.07 Å². The van der Waals surface area contributed by atoms with Gasteiger partial charge >= 0.3 is 0 Å². The molecule has 196 valence electrons. The summed E-state index contributed by atoms with van der Waals surface area (Å²) in [5, 5.41) is 26.8. The largest absolute Gasteiger partial charge is 0.378 e. The average Bonchev–Trinajstić information content (AvgIpc) is 3.83. The Bertz CT molecular complexity index is 1610. The molecule has 0 saturated heterocycles. The first-order valence-corrected chi connectivity index (χ1v) is 13.5. The minimum Gasteiger partial charge on any atom is -0.378 e. The molecule has 39 heavy (non-hydrogen) atoms. The molecule has 2 fully saturated rings. The fourth-order valence-electron chi connectivity index (χ4n) is 5.18. The lowest BCUT2D eigenvalue weighted by Gasteiger charge is -2.34. The van der Waals surface area contributed by atoms with Crippen LogP contribution in [0.25, 0.3) is 10.9 Å². The predicted octanol–water partition coefficient (Wildman–Crippen LogP) is 6.30. The van der Waals surface area contributed by atoms with Crippen molar-refractivity contribution < 1.29 is 4.39 Å². The molecule has 0 bridgehead atoms. The van der Waals surface area contributed by atoms with Gasteiger partial charge < -0.3 is 10.6 Å². The van der Waals surface area contributed by atoms with E-state index in [1.165, 1.54) is 12.1 Å². The van der Waals surface area contributed by atoms with Gasteiger partial charge in [-0.25, -0.2) is 9.07 Å². The second kappa shape index (κ2) is 8.95. The monoisotopic (exact) mass is 539 g/mol. The molecule has 2 heterocycles. The zero-order chi connectivity index (χ0) is 27.6. The molecule has 2 radical (unpaired) electrons. The van der Waals surface area contributed by atoms with Crippen LogP contribution in [0, 0.1) is 22.6 Å². The Labute approximate surface area is 233 Å². The quantitative estimate of drug-likeness (QED) is 0.268. The predicted molar refractivity (Wildman–Crippen MR) is 151 cm³/mol. The van der Waals surface area contributed by atoms with E-state index in [2.05, 4.69) is 52.8 Å². The number of fused-ring (bicyclic) bond motifs is 1. The smallest absolute Gasteiger partial charge is 0.123 e. The lowest BCUT2D eigenvalue weighted by molar-refractivity contribution is 0.323. The topological polar surface area (TPSA) is 91.5 Å². The molecule has 1 unspecified atom stereocenters. The van der Waals surface area contributed by atoms with Gasteiger partial charge in [-0.2, -0.15) is 5.26 Å². The fourth-order valence-corrected chi connectivity index (χ4v) is 5.45. The van der Waals surface area contributed by atoms with E-state index in [0.29, 0.717) is 50.2 Å². The zero-order valence-electron chi connectivity index (χ0n) is 22.1. The van der Waals surface area contributed by atoms with E-state index in [-0.39, 0.29) is 16.8 Å². The molecular formula is C29H28BClFN7. The van der Waals surface area contributed by atoms with Crippen molar-refractivity contribution in [2.45, 2.75) is 63.5 Å².